The standard InChI is InChI=1S/C22H25.C18H17.C2H7Si.2ClH.Zr/c1-15(2)18-13-17-7-6-8-20(21(17)14-18)16-9-11-19(12-10-16)22(3,4)5;1-12-8-15-9-13(2)11-18(17(15)10-12)16-7-5-4-6-14(16)3;1-3-2;;;/h6-15H,1-5H3;4-11H,1-3H3;3H,1-2H3;2*1H;/q;;;;;+2/p-2. The maximum absolute atomic E-state index is 8.64. The van der Waals surface area contributed by atoms with E-state index in [1.54, 1.807) is 0 Å². The molecule has 0 amide bonds. The van der Waals surface area contributed by atoms with Gasteiger partial charge in [0.15, 0.2) is 0 Å². The van der Waals surface area contributed by atoms with Crippen LogP contribution in [-0.4, -0.2) is 5.92 Å². The van der Waals surface area contributed by atoms with Crippen LogP contribution in [0.2, 0.25) is 13.1 Å². The van der Waals surface area contributed by atoms with E-state index in [1.165, 1.54) is 72.3 Å². The number of halogens is 2. The van der Waals surface area contributed by atoms with Crippen LogP contribution in [0.1, 0.15) is 87.7 Å². The third-order valence-electron chi connectivity index (χ3n) is 11.0. The Kier molecular flexibility index (Phi) is 8.76. The molecule has 0 fully saturated rings. The topological polar surface area (TPSA) is 0 Å². The van der Waals surface area contributed by atoms with Gasteiger partial charge in [0.05, 0.1) is 0 Å². The molecule has 0 heterocycles. The van der Waals surface area contributed by atoms with Crippen LogP contribution in [0.4, 0.5) is 0 Å². The number of fused-ring (bicyclic) bond motifs is 2. The van der Waals surface area contributed by atoms with Gasteiger partial charge >= 0.3 is 289 Å². The monoisotopic (exact) mass is 741 g/mol. The van der Waals surface area contributed by atoms with E-state index in [1.807, 2.05) is 0 Å². The van der Waals surface area contributed by atoms with Crippen molar-refractivity contribution in [1.82, 2.24) is 0 Å². The molecule has 0 N–H and O–H groups in total. The van der Waals surface area contributed by atoms with Crippen LogP contribution < -0.4 is 0 Å². The van der Waals surface area contributed by atoms with E-state index in [-0.39, 0.29) is 12.7 Å². The molecule has 2 aliphatic carbocycles. The van der Waals surface area contributed by atoms with Gasteiger partial charge in [-0.3, -0.25) is 0 Å². The molecule has 4 aromatic rings. The van der Waals surface area contributed by atoms with E-state index in [9.17, 15) is 0 Å². The first-order valence-corrected chi connectivity index (χ1v) is 33.3. The molecule has 0 spiro atoms. The van der Waals surface area contributed by atoms with Gasteiger partial charge in [-0.1, -0.05) is 0 Å². The number of rotatable bonds is 6. The summed E-state index contributed by atoms with van der Waals surface area (Å²) >= 11 is -4.82. The predicted molar refractivity (Wildman–Crippen MR) is 204 cm³/mol. The van der Waals surface area contributed by atoms with Crippen molar-refractivity contribution in [2.45, 2.75) is 81.2 Å². The van der Waals surface area contributed by atoms with Crippen LogP contribution in [0.15, 0.2) is 90.0 Å². The molecule has 0 aliphatic heterocycles. The molecule has 2 atom stereocenters. The third kappa shape index (κ3) is 5.35. The van der Waals surface area contributed by atoms with Crippen LogP contribution in [0, 0.1) is 19.8 Å². The summed E-state index contributed by atoms with van der Waals surface area (Å²) in [6.45, 7) is 23.1. The van der Waals surface area contributed by atoms with Crippen molar-refractivity contribution in [3.05, 3.63) is 129 Å². The number of benzene rings is 4. The molecule has 2 aliphatic rings. The van der Waals surface area contributed by atoms with Crippen LogP contribution in [0.3, 0.4) is 0 Å². The van der Waals surface area contributed by atoms with Crippen molar-refractivity contribution in [3.8, 4) is 22.3 Å². The quantitative estimate of drug-likeness (QED) is 0.173. The Balaban J connectivity index is 1.57. The van der Waals surface area contributed by atoms with Crippen molar-refractivity contribution < 1.29 is 15.6 Å². The first-order chi connectivity index (χ1) is 21.5. The fraction of sp³-hybridized carbons (Fsp3) is 0.333. The second-order valence-corrected chi connectivity index (χ2v) is 58.2. The van der Waals surface area contributed by atoms with Crippen LogP contribution in [-0.2, 0) is 21.0 Å². The normalized spacial score (nSPS) is 18.7. The van der Waals surface area contributed by atoms with E-state index in [0.29, 0.717) is 5.92 Å². The molecule has 0 saturated heterocycles. The van der Waals surface area contributed by atoms with Gasteiger partial charge in [0.1, 0.15) is 0 Å². The maximum atomic E-state index is 8.64. The number of aryl methyl sites for hydroxylation is 2. The molecular formula is C42H49Cl2SiZr. The SMILES string of the molecule is CC1=Cc2c(-c3ccccc3C)cc(C)cc2[CH]1[Zr]([Cl])([Cl])([CH]1C(C(C)C)=Cc2c(-c3ccc(C(C)(C)C)cc3)cccc21)[SiH](C)C. The molecule has 239 valence electrons. The van der Waals surface area contributed by atoms with Gasteiger partial charge in [0.2, 0.25) is 0 Å². The van der Waals surface area contributed by atoms with Gasteiger partial charge in [-0.2, -0.15) is 0 Å². The van der Waals surface area contributed by atoms with Crippen LogP contribution >= 0.6 is 17.0 Å². The molecule has 2 unspecified atom stereocenters. The zero-order valence-electron chi connectivity index (χ0n) is 29.2. The molecule has 0 bridgehead atoms. The fourth-order valence-electron chi connectivity index (χ4n) is 8.39. The summed E-state index contributed by atoms with van der Waals surface area (Å²) in [5.74, 6) is -1.28. The third-order valence-corrected chi connectivity index (χ3v) is 62.9. The van der Waals surface area contributed by atoms with Crippen LogP contribution in [0.25, 0.3) is 34.4 Å². The van der Waals surface area contributed by atoms with Crippen molar-refractivity contribution in [3.63, 3.8) is 0 Å². The van der Waals surface area contributed by atoms with Crippen molar-refractivity contribution >= 4 is 35.1 Å². The Morgan fingerprint density at radius 2 is 1.33 bits per heavy atom. The summed E-state index contributed by atoms with van der Waals surface area (Å²) in [7, 11) is 17.3. The summed E-state index contributed by atoms with van der Waals surface area (Å²) in [5.41, 5.74) is 17.3. The summed E-state index contributed by atoms with van der Waals surface area (Å²) < 4.78 is 0.170. The van der Waals surface area contributed by atoms with Gasteiger partial charge in [-0.15, -0.1) is 0 Å². The van der Waals surface area contributed by atoms with E-state index in [2.05, 4.69) is 159 Å². The van der Waals surface area contributed by atoms with Gasteiger partial charge in [0, 0.05) is 0 Å². The van der Waals surface area contributed by atoms with E-state index in [4.69, 9.17) is 17.0 Å². The van der Waals surface area contributed by atoms with E-state index in [0.717, 1.165) is 0 Å². The van der Waals surface area contributed by atoms with Crippen molar-refractivity contribution in [2.75, 3.05) is 0 Å². The molecule has 6 rings (SSSR count). The van der Waals surface area contributed by atoms with Crippen molar-refractivity contribution in [2.24, 2.45) is 5.92 Å². The van der Waals surface area contributed by atoms with E-state index < -0.39 is 21.5 Å². The first-order valence-electron chi connectivity index (χ1n) is 16.9. The summed E-state index contributed by atoms with van der Waals surface area (Å²) in [4.78, 5) is 0. The molecule has 0 aromatic heterocycles. The van der Waals surface area contributed by atoms with Crippen LogP contribution in [0.5, 0.6) is 0 Å². The summed E-state index contributed by atoms with van der Waals surface area (Å²) in [5, 5.41) is 0. The van der Waals surface area contributed by atoms with Gasteiger partial charge in [-0.25, -0.2) is 0 Å². The number of hydrogen-bond donors (Lipinski definition) is 0. The molecular weight excluding hydrogens is 695 g/mol. The zero-order valence-corrected chi connectivity index (χ0v) is 34.4. The number of allylic oxidation sites excluding steroid dienone is 2. The Bertz CT molecular complexity index is 1900. The fourth-order valence-corrected chi connectivity index (χ4v) is 40.6. The molecule has 4 aromatic carbocycles. The predicted octanol–water partition coefficient (Wildman–Crippen LogP) is 13.2. The van der Waals surface area contributed by atoms with Gasteiger partial charge < -0.3 is 0 Å². The average molecular weight is 744 g/mol. The molecule has 0 saturated carbocycles. The van der Waals surface area contributed by atoms with E-state index >= 15 is 0 Å². The number of hydrogen-bond acceptors (Lipinski definition) is 0. The molecule has 0 nitrogen and oxygen atoms in total. The van der Waals surface area contributed by atoms with Gasteiger partial charge in [-0.05, 0) is 0 Å². The van der Waals surface area contributed by atoms with Crippen molar-refractivity contribution in [1.29, 1.82) is 0 Å². The summed E-state index contributed by atoms with van der Waals surface area (Å²) in [6, 6.07) is 29.6. The van der Waals surface area contributed by atoms with Gasteiger partial charge in [0.25, 0.3) is 0 Å². The second-order valence-electron chi connectivity index (χ2n) is 15.7. The Morgan fingerprint density at radius 3 is 1.93 bits per heavy atom. The Labute approximate surface area is 286 Å². The molecule has 46 heavy (non-hydrogen) atoms. The minimum absolute atomic E-state index is 0.0851. The molecule has 4 heteroatoms. The Hall–Kier alpha value is -1.96. The zero-order chi connectivity index (χ0) is 33.4. The average Bonchev–Trinajstić information content (AvgIpc) is 3.56. The Morgan fingerprint density at radius 1 is 0.696 bits per heavy atom. The summed E-state index contributed by atoms with van der Waals surface area (Å²) in [6.07, 6.45) is 4.91. The first kappa shape index (κ1) is 33.9. The molecule has 0 radical (unpaired) electrons. The minimum atomic E-state index is -4.82. The second kappa shape index (κ2) is 11.9.